The van der Waals surface area contributed by atoms with Gasteiger partial charge in [-0.1, -0.05) is 23.4 Å². The molecule has 1 heterocycles. The first-order valence-electron chi connectivity index (χ1n) is 7.44. The Hall–Kier alpha value is -1.20. The van der Waals surface area contributed by atoms with Crippen LogP contribution >= 0.6 is 23.4 Å². The van der Waals surface area contributed by atoms with E-state index in [0.717, 1.165) is 36.8 Å². The zero-order valence-corrected chi connectivity index (χ0v) is 14.5. The fraction of sp³-hybridized carbons (Fsp3) is 0.500. The van der Waals surface area contributed by atoms with E-state index in [1.807, 2.05) is 37.4 Å². The predicted molar refractivity (Wildman–Crippen MR) is 93.0 cm³/mol. The smallest absolute Gasteiger partial charge is 0.309 e. The molecule has 0 atom stereocenters. The number of thioether (sulfide) groups is 1. The number of amidine groups is 1. The minimum absolute atomic E-state index is 0.0230. The van der Waals surface area contributed by atoms with Crippen LogP contribution in [-0.2, 0) is 9.53 Å². The van der Waals surface area contributed by atoms with Crippen LogP contribution in [0.15, 0.2) is 29.3 Å². The molecule has 0 N–H and O–H groups in total. The van der Waals surface area contributed by atoms with Gasteiger partial charge in [-0.25, -0.2) is 4.99 Å². The van der Waals surface area contributed by atoms with Gasteiger partial charge in [0.2, 0.25) is 0 Å². The minimum atomic E-state index is -0.0671. The average molecular weight is 341 g/mol. The van der Waals surface area contributed by atoms with Crippen LogP contribution in [0.4, 0.5) is 5.69 Å². The highest BCUT2D eigenvalue weighted by Crippen LogP contribution is 2.24. The molecule has 0 spiro atoms. The van der Waals surface area contributed by atoms with Crippen LogP contribution in [0.1, 0.15) is 19.8 Å². The van der Waals surface area contributed by atoms with Gasteiger partial charge in [-0.3, -0.25) is 4.79 Å². The van der Waals surface area contributed by atoms with Crippen molar-refractivity contribution in [1.82, 2.24) is 4.90 Å². The average Bonchev–Trinajstić information content (AvgIpc) is 2.55. The summed E-state index contributed by atoms with van der Waals surface area (Å²) in [5.74, 6) is -0.0441. The Morgan fingerprint density at radius 2 is 2.00 bits per heavy atom. The number of hydrogen-bond donors (Lipinski definition) is 0. The number of hydrogen-bond acceptors (Lipinski definition) is 4. The minimum Gasteiger partial charge on any atom is -0.466 e. The van der Waals surface area contributed by atoms with Gasteiger partial charge in [-0.2, -0.15) is 0 Å². The van der Waals surface area contributed by atoms with Crippen molar-refractivity contribution in [2.45, 2.75) is 19.8 Å². The van der Waals surface area contributed by atoms with Crippen LogP contribution in [0.25, 0.3) is 0 Å². The molecule has 1 aromatic carbocycles. The van der Waals surface area contributed by atoms with E-state index < -0.39 is 0 Å². The second-order valence-electron chi connectivity index (χ2n) is 5.09. The molecule has 1 saturated heterocycles. The molecule has 0 unspecified atom stereocenters. The van der Waals surface area contributed by atoms with E-state index in [9.17, 15) is 4.79 Å². The third-order valence-electron chi connectivity index (χ3n) is 3.62. The summed E-state index contributed by atoms with van der Waals surface area (Å²) < 4.78 is 5.10. The molecule has 0 aliphatic carbocycles. The molecular weight excluding hydrogens is 320 g/mol. The van der Waals surface area contributed by atoms with Gasteiger partial charge in [0.1, 0.15) is 0 Å². The standard InChI is InChI=1S/C16H21ClN2O2S/c1-3-21-15(20)12-8-10-19(11-9-12)16(22-2)18-14-6-4-13(17)5-7-14/h4-7,12H,3,8-11H2,1-2H3/b18-16-. The van der Waals surface area contributed by atoms with Gasteiger partial charge in [-0.15, -0.1) is 0 Å². The second kappa shape index (κ2) is 8.44. The van der Waals surface area contributed by atoms with Crippen LogP contribution in [0, 0.1) is 5.92 Å². The molecule has 0 amide bonds. The molecule has 22 heavy (non-hydrogen) atoms. The molecule has 6 heteroatoms. The molecule has 1 aliphatic rings. The van der Waals surface area contributed by atoms with Crippen molar-refractivity contribution in [3.8, 4) is 0 Å². The third kappa shape index (κ3) is 4.65. The van der Waals surface area contributed by atoms with Crippen molar-refractivity contribution in [2.75, 3.05) is 26.0 Å². The number of rotatable bonds is 3. The largest absolute Gasteiger partial charge is 0.466 e. The zero-order valence-electron chi connectivity index (χ0n) is 12.9. The van der Waals surface area contributed by atoms with E-state index in [1.165, 1.54) is 0 Å². The number of esters is 1. The van der Waals surface area contributed by atoms with E-state index in [4.69, 9.17) is 16.3 Å². The van der Waals surface area contributed by atoms with E-state index in [1.54, 1.807) is 11.8 Å². The molecule has 2 rings (SSSR count). The summed E-state index contributed by atoms with van der Waals surface area (Å²) in [7, 11) is 0. The van der Waals surface area contributed by atoms with E-state index in [-0.39, 0.29) is 11.9 Å². The van der Waals surface area contributed by atoms with Crippen molar-refractivity contribution >= 4 is 40.2 Å². The Morgan fingerprint density at radius 1 is 1.36 bits per heavy atom. The number of carbonyl (C=O) groups excluding carboxylic acids is 1. The van der Waals surface area contributed by atoms with Gasteiger partial charge in [0.15, 0.2) is 5.17 Å². The Kier molecular flexibility index (Phi) is 6.58. The molecule has 1 aliphatic heterocycles. The maximum atomic E-state index is 11.8. The zero-order chi connectivity index (χ0) is 15.9. The summed E-state index contributed by atoms with van der Waals surface area (Å²) in [6.07, 6.45) is 3.66. The van der Waals surface area contributed by atoms with Gasteiger partial charge >= 0.3 is 5.97 Å². The van der Waals surface area contributed by atoms with Crippen molar-refractivity contribution in [3.63, 3.8) is 0 Å². The summed E-state index contributed by atoms with van der Waals surface area (Å²) >= 11 is 7.52. The summed E-state index contributed by atoms with van der Waals surface area (Å²) in [6.45, 7) is 3.96. The Balaban J connectivity index is 1.98. The SMILES string of the molecule is CCOC(=O)C1CCN(/C(=N/c2ccc(Cl)cc2)SC)CC1. The number of aliphatic imine (C=N–C) groups is 1. The van der Waals surface area contributed by atoms with E-state index in [2.05, 4.69) is 9.89 Å². The van der Waals surface area contributed by atoms with Crippen LogP contribution in [0.5, 0.6) is 0 Å². The third-order valence-corrected chi connectivity index (χ3v) is 4.59. The van der Waals surface area contributed by atoms with Crippen LogP contribution in [0.2, 0.25) is 5.02 Å². The van der Waals surface area contributed by atoms with E-state index in [0.29, 0.717) is 11.6 Å². The fourth-order valence-electron chi connectivity index (χ4n) is 2.44. The summed E-state index contributed by atoms with van der Waals surface area (Å²) in [6, 6.07) is 7.49. The van der Waals surface area contributed by atoms with Crippen molar-refractivity contribution < 1.29 is 9.53 Å². The molecule has 4 nitrogen and oxygen atoms in total. The molecule has 120 valence electrons. The molecule has 1 fully saturated rings. The Labute approximate surface area is 140 Å². The van der Waals surface area contributed by atoms with Gasteiger partial charge in [0.05, 0.1) is 18.2 Å². The summed E-state index contributed by atoms with van der Waals surface area (Å²) in [4.78, 5) is 18.7. The predicted octanol–water partition coefficient (Wildman–Crippen LogP) is 3.97. The highest BCUT2D eigenvalue weighted by molar-refractivity contribution is 8.13. The Bertz CT molecular complexity index is 525. The molecule has 0 aromatic heterocycles. The van der Waals surface area contributed by atoms with Crippen molar-refractivity contribution in [3.05, 3.63) is 29.3 Å². The van der Waals surface area contributed by atoms with Gasteiger partial charge in [0, 0.05) is 18.1 Å². The lowest BCUT2D eigenvalue weighted by molar-refractivity contribution is -0.149. The number of benzene rings is 1. The highest BCUT2D eigenvalue weighted by Gasteiger charge is 2.27. The lowest BCUT2D eigenvalue weighted by Gasteiger charge is -2.32. The van der Waals surface area contributed by atoms with Gasteiger partial charge in [0.25, 0.3) is 0 Å². The molecular formula is C16H21ClN2O2S. The van der Waals surface area contributed by atoms with Crippen molar-refractivity contribution in [1.29, 1.82) is 0 Å². The number of halogens is 1. The maximum absolute atomic E-state index is 11.8. The van der Waals surface area contributed by atoms with Crippen LogP contribution < -0.4 is 0 Å². The number of nitrogens with zero attached hydrogens (tertiary/aromatic N) is 2. The first-order valence-corrected chi connectivity index (χ1v) is 9.04. The van der Waals surface area contributed by atoms with Crippen LogP contribution in [0.3, 0.4) is 0 Å². The lowest BCUT2D eigenvalue weighted by Crippen LogP contribution is -2.39. The molecule has 0 bridgehead atoms. The topological polar surface area (TPSA) is 41.9 Å². The van der Waals surface area contributed by atoms with Crippen molar-refractivity contribution in [2.24, 2.45) is 10.9 Å². The summed E-state index contributed by atoms with van der Waals surface area (Å²) in [5.41, 5.74) is 0.890. The second-order valence-corrected chi connectivity index (χ2v) is 6.30. The van der Waals surface area contributed by atoms with Gasteiger partial charge < -0.3 is 9.64 Å². The number of ether oxygens (including phenoxy) is 1. The lowest BCUT2D eigenvalue weighted by atomic mass is 9.97. The number of likely N-dealkylation sites (tertiary alicyclic amines) is 1. The first kappa shape index (κ1) is 17.2. The Morgan fingerprint density at radius 3 is 2.55 bits per heavy atom. The normalized spacial score (nSPS) is 16.7. The van der Waals surface area contributed by atoms with E-state index >= 15 is 0 Å². The number of carbonyl (C=O) groups is 1. The quantitative estimate of drug-likeness (QED) is 0.474. The molecule has 0 radical (unpaired) electrons. The monoisotopic (exact) mass is 340 g/mol. The highest BCUT2D eigenvalue weighted by atomic mass is 35.5. The first-order chi connectivity index (χ1) is 10.6. The van der Waals surface area contributed by atoms with Gasteiger partial charge in [-0.05, 0) is 50.3 Å². The molecule has 1 aromatic rings. The van der Waals surface area contributed by atoms with Crippen LogP contribution in [-0.4, -0.2) is 42.0 Å². The fourth-order valence-corrected chi connectivity index (χ4v) is 3.20. The molecule has 0 saturated carbocycles. The maximum Gasteiger partial charge on any atom is 0.309 e. The summed E-state index contributed by atoms with van der Waals surface area (Å²) in [5, 5.41) is 1.68. The number of piperidine rings is 1.